The summed E-state index contributed by atoms with van der Waals surface area (Å²) in [6, 6.07) is 6.93. The molecule has 0 aliphatic carbocycles. The van der Waals surface area contributed by atoms with Crippen molar-refractivity contribution in [1.29, 1.82) is 0 Å². The maximum atomic E-state index is 10.8. The van der Waals surface area contributed by atoms with Crippen molar-refractivity contribution in [3.05, 3.63) is 35.4 Å². The number of nitrogens with one attached hydrogen (secondary N) is 1. The highest BCUT2D eigenvalue weighted by Crippen LogP contribution is 2.04. The van der Waals surface area contributed by atoms with Gasteiger partial charge in [-0.25, -0.2) is 0 Å². The zero-order valence-electron chi connectivity index (χ0n) is 9.31. The van der Waals surface area contributed by atoms with Gasteiger partial charge in [0.1, 0.15) is 6.04 Å². The Hall–Kier alpha value is -1.39. The van der Waals surface area contributed by atoms with Gasteiger partial charge < -0.3 is 15.5 Å². The number of aliphatic hydroxyl groups is 1. The van der Waals surface area contributed by atoms with Crippen LogP contribution < -0.4 is 5.32 Å². The molecule has 0 aromatic heterocycles. The largest absolute Gasteiger partial charge is 0.480 e. The van der Waals surface area contributed by atoms with Crippen LogP contribution in [0.4, 0.5) is 0 Å². The normalized spacial score (nSPS) is 12.4. The third-order valence-electron chi connectivity index (χ3n) is 2.46. The van der Waals surface area contributed by atoms with E-state index in [1.165, 1.54) is 0 Å². The Balaban J connectivity index is 2.50. The molecule has 0 saturated heterocycles. The summed E-state index contributed by atoms with van der Waals surface area (Å²) < 4.78 is 0. The number of carboxylic acid groups (broad SMARTS) is 1. The first-order valence-corrected chi connectivity index (χ1v) is 5.32. The summed E-state index contributed by atoms with van der Waals surface area (Å²) in [7, 11) is 0. The van der Waals surface area contributed by atoms with E-state index in [0.29, 0.717) is 13.0 Å². The molecule has 0 fully saturated rings. The monoisotopic (exact) mass is 223 g/mol. The first-order chi connectivity index (χ1) is 7.67. The summed E-state index contributed by atoms with van der Waals surface area (Å²) in [4.78, 5) is 10.8. The van der Waals surface area contributed by atoms with Crippen LogP contribution in [-0.2, 0) is 17.9 Å². The van der Waals surface area contributed by atoms with Gasteiger partial charge in [0.15, 0.2) is 0 Å². The van der Waals surface area contributed by atoms with Crippen LogP contribution in [0.15, 0.2) is 24.3 Å². The molecular formula is C12H17NO3. The minimum absolute atomic E-state index is 0.0282. The number of rotatable bonds is 6. The first-order valence-electron chi connectivity index (χ1n) is 5.32. The van der Waals surface area contributed by atoms with E-state index in [1.54, 1.807) is 0 Å². The predicted octanol–water partition coefficient (Wildman–Crippen LogP) is 1.13. The Kier molecular flexibility index (Phi) is 4.95. The molecule has 1 rings (SSSR count). The zero-order valence-corrected chi connectivity index (χ0v) is 9.31. The van der Waals surface area contributed by atoms with Crippen molar-refractivity contribution in [2.45, 2.75) is 32.5 Å². The molecule has 0 aliphatic rings. The van der Waals surface area contributed by atoms with E-state index in [9.17, 15) is 4.79 Å². The van der Waals surface area contributed by atoms with Crippen molar-refractivity contribution >= 4 is 5.97 Å². The van der Waals surface area contributed by atoms with Crippen LogP contribution in [-0.4, -0.2) is 22.2 Å². The minimum Gasteiger partial charge on any atom is -0.480 e. The van der Waals surface area contributed by atoms with Gasteiger partial charge in [0, 0.05) is 6.54 Å². The molecule has 88 valence electrons. The molecule has 3 N–H and O–H groups in total. The van der Waals surface area contributed by atoms with E-state index in [-0.39, 0.29) is 6.61 Å². The lowest BCUT2D eigenvalue weighted by Crippen LogP contribution is -2.35. The van der Waals surface area contributed by atoms with Crippen LogP contribution in [0.1, 0.15) is 24.5 Å². The maximum Gasteiger partial charge on any atom is 0.320 e. The molecule has 1 atom stereocenters. The van der Waals surface area contributed by atoms with Gasteiger partial charge in [-0.15, -0.1) is 0 Å². The van der Waals surface area contributed by atoms with Crippen molar-refractivity contribution in [1.82, 2.24) is 5.32 Å². The number of carboxylic acids is 1. The summed E-state index contributed by atoms with van der Waals surface area (Å²) in [5, 5.41) is 20.7. The Bertz CT molecular complexity index is 335. The molecule has 1 aromatic rings. The molecule has 0 heterocycles. The SMILES string of the molecule is CCC(NCc1ccc(CO)cc1)C(=O)O. The number of carbonyl (C=O) groups is 1. The average Bonchev–Trinajstić information content (AvgIpc) is 2.30. The topological polar surface area (TPSA) is 69.6 Å². The highest BCUT2D eigenvalue weighted by atomic mass is 16.4. The second-order valence-corrected chi connectivity index (χ2v) is 3.65. The zero-order chi connectivity index (χ0) is 12.0. The van der Waals surface area contributed by atoms with E-state index in [1.807, 2.05) is 31.2 Å². The molecule has 0 bridgehead atoms. The third-order valence-corrected chi connectivity index (χ3v) is 2.46. The minimum atomic E-state index is -0.825. The molecule has 16 heavy (non-hydrogen) atoms. The number of hydrogen-bond acceptors (Lipinski definition) is 3. The smallest absolute Gasteiger partial charge is 0.320 e. The Labute approximate surface area is 94.9 Å². The molecule has 0 spiro atoms. The lowest BCUT2D eigenvalue weighted by molar-refractivity contribution is -0.139. The average molecular weight is 223 g/mol. The predicted molar refractivity (Wildman–Crippen MR) is 60.9 cm³/mol. The summed E-state index contributed by atoms with van der Waals surface area (Å²) in [5.74, 6) is -0.825. The van der Waals surface area contributed by atoms with Crippen LogP contribution in [0.3, 0.4) is 0 Å². The maximum absolute atomic E-state index is 10.8. The summed E-state index contributed by atoms with van der Waals surface area (Å²) >= 11 is 0. The van der Waals surface area contributed by atoms with Gasteiger partial charge in [0.25, 0.3) is 0 Å². The van der Waals surface area contributed by atoms with Crippen molar-refractivity contribution in [2.75, 3.05) is 0 Å². The lowest BCUT2D eigenvalue weighted by Gasteiger charge is -2.12. The molecule has 1 unspecified atom stereocenters. The van der Waals surface area contributed by atoms with Gasteiger partial charge in [-0.2, -0.15) is 0 Å². The first kappa shape index (κ1) is 12.7. The van der Waals surface area contributed by atoms with Crippen molar-refractivity contribution in [3.8, 4) is 0 Å². The number of hydrogen-bond donors (Lipinski definition) is 3. The van der Waals surface area contributed by atoms with Crippen molar-refractivity contribution in [2.24, 2.45) is 0 Å². The Morgan fingerprint density at radius 3 is 2.31 bits per heavy atom. The molecule has 1 aromatic carbocycles. The van der Waals surface area contributed by atoms with E-state index < -0.39 is 12.0 Å². The number of aliphatic carboxylic acids is 1. The Morgan fingerprint density at radius 1 is 1.31 bits per heavy atom. The van der Waals surface area contributed by atoms with Crippen LogP contribution in [0.2, 0.25) is 0 Å². The number of benzene rings is 1. The van der Waals surface area contributed by atoms with E-state index in [0.717, 1.165) is 11.1 Å². The van der Waals surface area contributed by atoms with Gasteiger partial charge in [0.05, 0.1) is 6.61 Å². The van der Waals surface area contributed by atoms with Crippen LogP contribution in [0.5, 0.6) is 0 Å². The lowest BCUT2D eigenvalue weighted by atomic mass is 10.1. The molecule has 0 radical (unpaired) electrons. The van der Waals surface area contributed by atoms with Gasteiger partial charge in [-0.1, -0.05) is 31.2 Å². The second-order valence-electron chi connectivity index (χ2n) is 3.65. The van der Waals surface area contributed by atoms with Gasteiger partial charge in [-0.3, -0.25) is 4.79 Å². The van der Waals surface area contributed by atoms with Crippen LogP contribution in [0, 0.1) is 0 Å². The summed E-state index contributed by atoms with van der Waals surface area (Å²) in [6.45, 7) is 2.39. The fraction of sp³-hybridized carbons (Fsp3) is 0.417. The molecule has 0 aliphatic heterocycles. The van der Waals surface area contributed by atoms with E-state index >= 15 is 0 Å². The summed E-state index contributed by atoms with van der Waals surface area (Å²) in [6.07, 6.45) is 0.560. The molecule has 4 heteroatoms. The summed E-state index contributed by atoms with van der Waals surface area (Å²) in [5.41, 5.74) is 1.87. The van der Waals surface area contributed by atoms with E-state index in [2.05, 4.69) is 5.32 Å². The number of aliphatic hydroxyl groups excluding tert-OH is 1. The Morgan fingerprint density at radius 2 is 1.88 bits per heavy atom. The quantitative estimate of drug-likeness (QED) is 0.676. The van der Waals surface area contributed by atoms with E-state index in [4.69, 9.17) is 10.2 Å². The molecule has 4 nitrogen and oxygen atoms in total. The second kappa shape index (κ2) is 6.25. The van der Waals surface area contributed by atoms with Crippen LogP contribution >= 0.6 is 0 Å². The highest BCUT2D eigenvalue weighted by Gasteiger charge is 2.13. The van der Waals surface area contributed by atoms with Crippen molar-refractivity contribution < 1.29 is 15.0 Å². The molecule has 0 amide bonds. The van der Waals surface area contributed by atoms with Gasteiger partial charge >= 0.3 is 5.97 Å². The van der Waals surface area contributed by atoms with Gasteiger partial charge in [-0.05, 0) is 17.5 Å². The van der Waals surface area contributed by atoms with Crippen LogP contribution in [0.25, 0.3) is 0 Å². The molecular weight excluding hydrogens is 206 g/mol. The third kappa shape index (κ3) is 3.64. The highest BCUT2D eigenvalue weighted by molar-refractivity contribution is 5.73. The fourth-order valence-electron chi connectivity index (χ4n) is 1.41. The van der Waals surface area contributed by atoms with Crippen molar-refractivity contribution in [3.63, 3.8) is 0 Å². The van der Waals surface area contributed by atoms with Gasteiger partial charge in [0.2, 0.25) is 0 Å². The molecule has 0 saturated carbocycles. The standard InChI is InChI=1S/C12H17NO3/c1-2-11(12(15)16)13-7-9-3-5-10(8-14)6-4-9/h3-6,11,13-14H,2,7-8H2,1H3,(H,15,16). The fourth-order valence-corrected chi connectivity index (χ4v) is 1.41.